The molecular formula is C7H10Na2O6. The number of hydrogen-bond acceptors (Lipinski definition) is 5. The van der Waals surface area contributed by atoms with Crippen LogP contribution in [-0.4, -0.2) is 23.5 Å². The Morgan fingerprint density at radius 2 is 1.20 bits per heavy atom. The summed E-state index contributed by atoms with van der Waals surface area (Å²) < 4.78 is 0. The van der Waals surface area contributed by atoms with E-state index in [1.165, 1.54) is 0 Å². The fourth-order valence-electron chi connectivity index (χ4n) is 0.539. The quantitative estimate of drug-likeness (QED) is 0.288. The molecule has 0 aromatic carbocycles. The average molecular weight is 236 g/mol. The number of rotatable bonds is 5. The Labute approximate surface area is 132 Å². The van der Waals surface area contributed by atoms with Gasteiger partial charge in [-0.2, -0.15) is 0 Å². The van der Waals surface area contributed by atoms with Gasteiger partial charge in [-0.05, 0) is 25.7 Å². The number of unbranched alkanes of at least 4 members (excludes halogenated alkanes) is 1. The maximum absolute atomic E-state index is 9.77. The molecule has 0 aromatic heterocycles. The van der Waals surface area contributed by atoms with E-state index in [4.69, 9.17) is 9.90 Å². The zero-order chi connectivity index (χ0) is 10.7. The van der Waals surface area contributed by atoms with Crippen LogP contribution in [0, 0.1) is 0 Å². The molecule has 0 radical (unpaired) electrons. The molecule has 76 valence electrons. The van der Waals surface area contributed by atoms with Gasteiger partial charge in [-0.3, -0.25) is 4.79 Å². The third-order valence-corrected chi connectivity index (χ3v) is 1.01. The van der Waals surface area contributed by atoms with Gasteiger partial charge in [0.1, 0.15) is 0 Å². The van der Waals surface area contributed by atoms with E-state index >= 15 is 0 Å². The van der Waals surface area contributed by atoms with E-state index in [1.807, 2.05) is 0 Å². The van der Waals surface area contributed by atoms with Crippen LogP contribution in [0.4, 0.5) is 0 Å². The molecule has 0 amide bonds. The van der Waals surface area contributed by atoms with Crippen LogP contribution in [0.25, 0.3) is 0 Å². The first-order chi connectivity index (χ1) is 6.04. The second kappa shape index (κ2) is 19.9. The zero-order valence-electron chi connectivity index (χ0n) is 8.89. The molecule has 0 fully saturated rings. The Hall–Kier alpha value is 0.410. The Morgan fingerprint density at radius 1 is 1.00 bits per heavy atom. The van der Waals surface area contributed by atoms with Crippen LogP contribution in [-0.2, 0) is 14.4 Å². The second-order valence-electron chi connectivity index (χ2n) is 2.06. The average Bonchev–Trinajstić information content (AvgIpc) is 1.99. The zero-order valence-corrected chi connectivity index (χ0v) is 12.9. The van der Waals surface area contributed by atoms with Gasteiger partial charge in [0.25, 0.3) is 6.47 Å². The Bertz CT molecular complexity index is 157. The predicted molar refractivity (Wildman–Crippen MR) is 37.2 cm³/mol. The van der Waals surface area contributed by atoms with Crippen molar-refractivity contribution in [3.05, 3.63) is 0 Å². The third-order valence-electron chi connectivity index (χ3n) is 1.01. The number of carbonyl (C=O) groups is 3. The van der Waals surface area contributed by atoms with E-state index in [0.717, 1.165) is 0 Å². The summed E-state index contributed by atoms with van der Waals surface area (Å²) in [4.78, 5) is 27.9. The van der Waals surface area contributed by atoms with Gasteiger partial charge in [-0.1, -0.05) is 0 Å². The molecule has 0 atom stereocenters. The molecule has 0 rings (SSSR count). The summed E-state index contributed by atoms with van der Waals surface area (Å²) in [6, 6.07) is 0. The normalized spacial score (nSPS) is 6.93. The van der Waals surface area contributed by atoms with Crippen LogP contribution >= 0.6 is 0 Å². The van der Waals surface area contributed by atoms with Crippen molar-refractivity contribution >= 4 is 18.4 Å². The largest absolute Gasteiger partial charge is 1.00 e. The summed E-state index contributed by atoms with van der Waals surface area (Å²) >= 11 is 0. The molecule has 0 spiro atoms. The van der Waals surface area contributed by atoms with E-state index < -0.39 is 11.9 Å². The van der Waals surface area contributed by atoms with Gasteiger partial charge in [0.2, 0.25) is 0 Å². The monoisotopic (exact) mass is 236 g/mol. The first-order valence-electron chi connectivity index (χ1n) is 3.52. The molecule has 6 nitrogen and oxygen atoms in total. The van der Waals surface area contributed by atoms with E-state index in [0.29, 0.717) is 12.8 Å². The van der Waals surface area contributed by atoms with Crippen LogP contribution in [0.5, 0.6) is 0 Å². The van der Waals surface area contributed by atoms with Crippen molar-refractivity contribution in [3.63, 3.8) is 0 Å². The fraction of sp³-hybridized carbons (Fsp3) is 0.571. The molecule has 0 aromatic rings. The minimum Gasteiger partial charge on any atom is -0.550 e. The van der Waals surface area contributed by atoms with Crippen molar-refractivity contribution in [2.75, 3.05) is 0 Å². The molecule has 15 heavy (non-hydrogen) atoms. The number of hydrogen-bond donors (Lipinski definition) is 1. The molecule has 0 aliphatic heterocycles. The van der Waals surface area contributed by atoms with E-state index in [1.54, 1.807) is 0 Å². The molecule has 0 saturated heterocycles. The summed E-state index contributed by atoms with van der Waals surface area (Å²) in [6.45, 7) is -0.250. The fourth-order valence-corrected chi connectivity index (χ4v) is 0.539. The van der Waals surface area contributed by atoms with Crippen LogP contribution in [0.15, 0.2) is 0 Å². The summed E-state index contributed by atoms with van der Waals surface area (Å²) in [7, 11) is 0. The van der Waals surface area contributed by atoms with Gasteiger partial charge in [0, 0.05) is 11.9 Å². The smallest absolute Gasteiger partial charge is 0.550 e. The summed E-state index contributed by atoms with van der Waals surface area (Å²) in [5, 5.41) is 26.4. The number of carbonyl (C=O) groups excluding carboxylic acids is 2. The third kappa shape index (κ3) is 40.4. The van der Waals surface area contributed by atoms with E-state index in [9.17, 15) is 19.8 Å². The molecule has 0 unspecified atom stereocenters. The van der Waals surface area contributed by atoms with Crippen molar-refractivity contribution < 1.29 is 88.8 Å². The van der Waals surface area contributed by atoms with Crippen LogP contribution < -0.4 is 69.3 Å². The molecule has 0 heterocycles. The molecule has 0 aliphatic rings. The Morgan fingerprint density at radius 3 is 1.33 bits per heavy atom. The molecule has 8 heteroatoms. The Balaban J connectivity index is -0.000000108. The minimum atomic E-state index is -1.14. The first-order valence-corrected chi connectivity index (χ1v) is 3.52. The van der Waals surface area contributed by atoms with Crippen molar-refractivity contribution in [3.8, 4) is 0 Å². The SMILES string of the molecule is O=C([O-])CCCCC(=O)[O-].O=CO.[Na+].[Na+]. The van der Waals surface area contributed by atoms with Gasteiger partial charge in [-0.25, -0.2) is 0 Å². The Kier molecular flexibility index (Phi) is 32.6. The second-order valence-corrected chi connectivity index (χ2v) is 2.06. The van der Waals surface area contributed by atoms with E-state index in [2.05, 4.69) is 0 Å². The summed E-state index contributed by atoms with van der Waals surface area (Å²) in [5.41, 5.74) is 0. The number of aliphatic carboxylic acids is 2. The number of carboxylic acids is 2. The van der Waals surface area contributed by atoms with Gasteiger partial charge in [-0.15, -0.1) is 0 Å². The minimum absolute atomic E-state index is 0. The van der Waals surface area contributed by atoms with E-state index in [-0.39, 0.29) is 78.4 Å². The topological polar surface area (TPSA) is 118 Å². The van der Waals surface area contributed by atoms with Gasteiger partial charge >= 0.3 is 59.1 Å². The number of carboxylic acid groups (broad SMARTS) is 3. The van der Waals surface area contributed by atoms with Crippen molar-refractivity contribution in [2.24, 2.45) is 0 Å². The summed E-state index contributed by atoms with van der Waals surface area (Å²) in [5.74, 6) is -2.28. The van der Waals surface area contributed by atoms with Crippen molar-refractivity contribution in [1.29, 1.82) is 0 Å². The van der Waals surface area contributed by atoms with Gasteiger partial charge < -0.3 is 24.9 Å². The predicted octanol–water partition coefficient (Wildman–Crippen LogP) is -8.24. The van der Waals surface area contributed by atoms with Crippen molar-refractivity contribution in [1.82, 2.24) is 0 Å². The van der Waals surface area contributed by atoms with Gasteiger partial charge in [0.05, 0.1) is 0 Å². The summed E-state index contributed by atoms with van der Waals surface area (Å²) in [6.07, 6.45) is 0.535. The van der Waals surface area contributed by atoms with Gasteiger partial charge in [0.15, 0.2) is 0 Å². The first kappa shape index (κ1) is 24.6. The molecular weight excluding hydrogens is 226 g/mol. The van der Waals surface area contributed by atoms with Crippen LogP contribution in [0.1, 0.15) is 25.7 Å². The maximum atomic E-state index is 9.77. The maximum Gasteiger partial charge on any atom is 1.00 e. The van der Waals surface area contributed by atoms with Crippen LogP contribution in [0.2, 0.25) is 0 Å². The molecule has 0 saturated carbocycles. The molecule has 0 aliphatic carbocycles. The molecule has 1 N–H and O–H groups in total. The van der Waals surface area contributed by atoms with Crippen molar-refractivity contribution in [2.45, 2.75) is 25.7 Å². The standard InChI is InChI=1S/C6H10O4.CH2O2.2Na/c7-5(8)3-1-2-4-6(9)10;2-1-3;;/h1-4H2,(H,7,8)(H,9,10);1H,(H,2,3);;/q;;2*+1/p-2. The molecule has 0 bridgehead atoms. The van der Waals surface area contributed by atoms with Crippen LogP contribution in [0.3, 0.4) is 0 Å².